The zero-order chi connectivity index (χ0) is 19.5. The molecule has 0 bridgehead atoms. The molecular weight excluding hydrogens is 360 g/mol. The predicted molar refractivity (Wildman–Crippen MR) is 101 cm³/mol. The molecule has 4 rings (SSSR count). The number of carbonyl (C=O) groups is 1. The topological polar surface area (TPSA) is 108 Å². The Hall–Kier alpha value is -3.75. The van der Waals surface area contributed by atoms with Gasteiger partial charge in [0.25, 0.3) is 5.56 Å². The highest BCUT2D eigenvalue weighted by Crippen LogP contribution is 2.15. The van der Waals surface area contributed by atoms with Crippen LogP contribution in [0.3, 0.4) is 0 Å². The summed E-state index contributed by atoms with van der Waals surface area (Å²) in [5.74, 6) is 0.554. The van der Waals surface area contributed by atoms with Gasteiger partial charge in [-0.2, -0.15) is 4.98 Å². The summed E-state index contributed by atoms with van der Waals surface area (Å²) in [5.41, 5.74) is 1.30. The lowest BCUT2D eigenvalue weighted by atomic mass is 10.2. The van der Waals surface area contributed by atoms with Gasteiger partial charge in [-0.05, 0) is 24.3 Å². The number of nitrogens with one attached hydrogen (secondary N) is 1. The average Bonchev–Trinajstić information content (AvgIpc) is 3.34. The van der Waals surface area contributed by atoms with Gasteiger partial charge >= 0.3 is 0 Å². The maximum atomic E-state index is 12.4. The molecule has 0 radical (unpaired) electrons. The number of carbonyl (C=O) groups excluding carboxylic acids is 1. The smallest absolute Gasteiger partial charge is 0.261 e. The van der Waals surface area contributed by atoms with Crippen molar-refractivity contribution in [3.63, 3.8) is 0 Å². The van der Waals surface area contributed by atoms with Crippen molar-refractivity contribution in [2.24, 2.45) is 7.05 Å². The highest BCUT2D eigenvalue weighted by molar-refractivity contribution is 5.77. The molecule has 142 valence electrons. The fourth-order valence-electron chi connectivity index (χ4n) is 2.87. The van der Waals surface area contributed by atoms with E-state index in [2.05, 4.69) is 20.4 Å². The van der Waals surface area contributed by atoms with Crippen LogP contribution in [0.25, 0.3) is 22.4 Å². The van der Waals surface area contributed by atoms with Crippen LogP contribution in [-0.4, -0.2) is 30.2 Å². The normalized spacial score (nSPS) is 11.0. The molecule has 0 aliphatic heterocycles. The molecule has 9 heteroatoms. The quantitative estimate of drug-likeness (QED) is 0.545. The molecule has 1 amide bonds. The number of aryl methyl sites for hydroxylation is 2. The van der Waals surface area contributed by atoms with Crippen molar-refractivity contribution < 1.29 is 9.32 Å². The van der Waals surface area contributed by atoms with E-state index in [1.165, 1.54) is 10.9 Å². The molecule has 0 saturated carbocycles. The van der Waals surface area contributed by atoms with Crippen LogP contribution >= 0.6 is 0 Å². The second-order valence-electron chi connectivity index (χ2n) is 6.30. The highest BCUT2D eigenvalue weighted by atomic mass is 16.5. The van der Waals surface area contributed by atoms with Gasteiger partial charge in [0.1, 0.15) is 0 Å². The third-order valence-corrected chi connectivity index (χ3v) is 4.39. The lowest BCUT2D eigenvalue weighted by Gasteiger charge is -2.06. The van der Waals surface area contributed by atoms with Crippen LogP contribution in [0.2, 0.25) is 0 Å². The van der Waals surface area contributed by atoms with Gasteiger partial charge in [-0.3, -0.25) is 14.2 Å². The van der Waals surface area contributed by atoms with E-state index < -0.39 is 0 Å². The minimum atomic E-state index is -0.223. The Labute approximate surface area is 159 Å². The van der Waals surface area contributed by atoms with Crippen molar-refractivity contribution in [2.45, 2.75) is 19.5 Å². The number of rotatable bonds is 6. The van der Waals surface area contributed by atoms with E-state index in [0.29, 0.717) is 22.6 Å². The zero-order valence-electron chi connectivity index (χ0n) is 15.2. The highest BCUT2D eigenvalue weighted by Gasteiger charge is 2.12. The second kappa shape index (κ2) is 7.47. The van der Waals surface area contributed by atoms with Crippen LogP contribution in [0.1, 0.15) is 12.3 Å². The van der Waals surface area contributed by atoms with Crippen LogP contribution in [0.4, 0.5) is 0 Å². The molecule has 0 spiro atoms. The number of para-hydroxylation sites is 1. The lowest BCUT2D eigenvalue weighted by Crippen LogP contribution is -2.27. The molecule has 0 aliphatic carbocycles. The van der Waals surface area contributed by atoms with Crippen molar-refractivity contribution in [2.75, 3.05) is 0 Å². The first-order chi connectivity index (χ1) is 13.6. The van der Waals surface area contributed by atoms with Crippen molar-refractivity contribution in [1.82, 2.24) is 29.6 Å². The van der Waals surface area contributed by atoms with Crippen LogP contribution in [0.5, 0.6) is 0 Å². The van der Waals surface area contributed by atoms with Crippen LogP contribution in [0, 0.1) is 0 Å². The first kappa shape index (κ1) is 17.7. The van der Waals surface area contributed by atoms with Gasteiger partial charge < -0.3 is 14.4 Å². The van der Waals surface area contributed by atoms with Crippen LogP contribution < -0.4 is 10.9 Å². The van der Waals surface area contributed by atoms with Gasteiger partial charge in [0.15, 0.2) is 0 Å². The van der Waals surface area contributed by atoms with Gasteiger partial charge in [0.2, 0.25) is 17.6 Å². The summed E-state index contributed by atoms with van der Waals surface area (Å²) < 4.78 is 8.48. The van der Waals surface area contributed by atoms with E-state index in [0.717, 1.165) is 5.69 Å². The average molecular weight is 378 g/mol. The largest absolute Gasteiger partial charge is 0.348 e. The monoisotopic (exact) mass is 378 g/mol. The summed E-state index contributed by atoms with van der Waals surface area (Å²) in [5, 5.41) is 7.17. The number of fused-ring (bicyclic) bond motifs is 1. The van der Waals surface area contributed by atoms with Crippen molar-refractivity contribution in [1.29, 1.82) is 0 Å². The van der Waals surface area contributed by atoms with Gasteiger partial charge in [-0.25, -0.2) is 4.98 Å². The molecule has 9 nitrogen and oxygen atoms in total. The minimum Gasteiger partial charge on any atom is -0.348 e. The van der Waals surface area contributed by atoms with Crippen molar-refractivity contribution in [3.8, 4) is 11.5 Å². The number of benzene rings is 1. The Kier molecular flexibility index (Phi) is 4.71. The van der Waals surface area contributed by atoms with E-state index in [1.54, 1.807) is 18.2 Å². The molecule has 3 aromatic heterocycles. The molecule has 4 aromatic rings. The van der Waals surface area contributed by atoms with Crippen LogP contribution in [0.15, 0.2) is 58.2 Å². The summed E-state index contributed by atoms with van der Waals surface area (Å²) in [6, 6.07) is 10.9. The number of aromatic nitrogens is 5. The van der Waals surface area contributed by atoms with E-state index in [-0.39, 0.29) is 31.0 Å². The lowest BCUT2D eigenvalue weighted by molar-refractivity contribution is -0.121. The molecule has 1 N–H and O–H groups in total. The third kappa shape index (κ3) is 3.54. The minimum absolute atomic E-state index is 0.126. The molecule has 28 heavy (non-hydrogen) atoms. The Morgan fingerprint density at radius 1 is 1.21 bits per heavy atom. The SMILES string of the molecule is Cn1cccc1-c1noc(CNC(=O)CCn2cnc3ccccc3c2=O)n1. The van der Waals surface area contributed by atoms with Gasteiger partial charge in [-0.15, -0.1) is 0 Å². The van der Waals surface area contributed by atoms with E-state index in [4.69, 9.17) is 4.52 Å². The van der Waals surface area contributed by atoms with Crippen molar-refractivity contribution in [3.05, 3.63) is 65.2 Å². The van der Waals surface area contributed by atoms with E-state index in [9.17, 15) is 9.59 Å². The number of amides is 1. The maximum absolute atomic E-state index is 12.4. The molecule has 0 unspecified atom stereocenters. The Morgan fingerprint density at radius 2 is 2.07 bits per heavy atom. The van der Waals surface area contributed by atoms with Gasteiger partial charge in [0.05, 0.1) is 29.5 Å². The first-order valence-corrected chi connectivity index (χ1v) is 8.77. The first-order valence-electron chi connectivity index (χ1n) is 8.77. The Balaban J connectivity index is 1.34. The Morgan fingerprint density at radius 3 is 2.89 bits per heavy atom. The number of hydrogen-bond donors (Lipinski definition) is 1. The standard InChI is InChI=1S/C19H18N6O3/c1-24-9-4-7-15(24)18-22-17(28-23-18)11-20-16(26)8-10-25-12-21-14-6-3-2-5-13(14)19(25)27/h2-7,9,12H,8,10-11H2,1H3,(H,20,26). The third-order valence-electron chi connectivity index (χ3n) is 4.39. The van der Waals surface area contributed by atoms with E-state index >= 15 is 0 Å². The summed E-state index contributed by atoms with van der Waals surface area (Å²) in [4.78, 5) is 33.0. The molecule has 0 aliphatic rings. The summed E-state index contributed by atoms with van der Waals surface area (Å²) in [6.45, 7) is 0.363. The van der Waals surface area contributed by atoms with Crippen molar-refractivity contribution >= 4 is 16.8 Å². The molecule has 3 heterocycles. The summed E-state index contributed by atoms with van der Waals surface area (Å²) >= 11 is 0. The fourth-order valence-corrected chi connectivity index (χ4v) is 2.87. The predicted octanol–water partition coefficient (Wildman–Crippen LogP) is 1.49. The Bertz CT molecular complexity index is 1190. The number of nitrogens with zero attached hydrogens (tertiary/aromatic N) is 5. The van der Waals surface area contributed by atoms with Gasteiger partial charge in [-0.1, -0.05) is 17.3 Å². The summed E-state index contributed by atoms with van der Waals surface area (Å²) in [7, 11) is 1.89. The molecule has 0 fully saturated rings. The van der Waals surface area contributed by atoms with E-state index in [1.807, 2.05) is 36.0 Å². The molecular formula is C19H18N6O3. The number of hydrogen-bond acceptors (Lipinski definition) is 6. The molecule has 0 saturated heterocycles. The van der Waals surface area contributed by atoms with Crippen LogP contribution in [-0.2, 0) is 24.9 Å². The fraction of sp³-hybridized carbons (Fsp3) is 0.211. The maximum Gasteiger partial charge on any atom is 0.261 e. The molecule has 0 atom stereocenters. The second-order valence-corrected chi connectivity index (χ2v) is 6.30. The summed E-state index contributed by atoms with van der Waals surface area (Å²) in [6.07, 6.45) is 3.48. The van der Waals surface area contributed by atoms with Gasteiger partial charge in [0, 0.05) is 26.2 Å². The molecule has 1 aromatic carbocycles. The zero-order valence-corrected chi connectivity index (χ0v) is 15.2.